The third-order valence-electron chi connectivity index (χ3n) is 7.03. The van der Waals surface area contributed by atoms with Crippen molar-refractivity contribution in [2.75, 3.05) is 0 Å². The molecule has 34 heavy (non-hydrogen) atoms. The Bertz CT molecular complexity index is 1700. The van der Waals surface area contributed by atoms with Gasteiger partial charge in [0, 0.05) is 17.0 Å². The van der Waals surface area contributed by atoms with Crippen molar-refractivity contribution in [3.8, 4) is 22.5 Å². The summed E-state index contributed by atoms with van der Waals surface area (Å²) < 4.78 is 5.94. The lowest BCUT2D eigenvalue weighted by Crippen LogP contribution is -1.95. The summed E-state index contributed by atoms with van der Waals surface area (Å²) in [4.78, 5) is 0. The quantitative estimate of drug-likeness (QED) is 0.253. The fraction of sp³-hybridized carbons (Fsp3) is 0.0303. The molecule has 0 radical (unpaired) electrons. The first-order valence-electron chi connectivity index (χ1n) is 11.7. The summed E-state index contributed by atoms with van der Waals surface area (Å²) in [5.41, 5.74) is 7.44. The minimum Gasteiger partial charge on any atom is -0.464 e. The van der Waals surface area contributed by atoms with E-state index in [9.17, 15) is 0 Å². The zero-order valence-corrected chi connectivity index (χ0v) is 18.6. The van der Waals surface area contributed by atoms with Crippen molar-refractivity contribution in [1.82, 2.24) is 0 Å². The molecule has 1 aliphatic rings. The molecule has 0 amide bonds. The van der Waals surface area contributed by atoms with Crippen molar-refractivity contribution in [2.45, 2.75) is 5.92 Å². The van der Waals surface area contributed by atoms with Crippen LogP contribution in [-0.2, 0) is 0 Å². The van der Waals surface area contributed by atoms with Crippen molar-refractivity contribution in [2.24, 2.45) is 0 Å². The molecule has 1 unspecified atom stereocenters. The molecule has 0 spiro atoms. The van der Waals surface area contributed by atoms with Gasteiger partial charge in [-0.15, -0.1) is 0 Å². The summed E-state index contributed by atoms with van der Waals surface area (Å²) in [5, 5.41) is 5.05. The highest BCUT2D eigenvalue weighted by molar-refractivity contribution is 6.08. The number of hydrogen-bond acceptors (Lipinski definition) is 1. The van der Waals surface area contributed by atoms with Crippen LogP contribution in [0.1, 0.15) is 22.6 Å². The molecule has 0 fully saturated rings. The fourth-order valence-corrected chi connectivity index (χ4v) is 5.34. The zero-order chi connectivity index (χ0) is 22.5. The van der Waals surface area contributed by atoms with E-state index in [0.29, 0.717) is 5.92 Å². The van der Waals surface area contributed by atoms with Gasteiger partial charge >= 0.3 is 0 Å². The minimum atomic E-state index is 0.328. The largest absolute Gasteiger partial charge is 0.464 e. The Morgan fingerprint density at radius 1 is 0.588 bits per heavy atom. The summed E-state index contributed by atoms with van der Waals surface area (Å²) in [6.07, 6.45) is 6.33. The molecule has 0 saturated heterocycles. The molecular formula is C33H22O. The molecule has 7 rings (SSSR count). The third kappa shape index (κ3) is 3.02. The summed E-state index contributed by atoms with van der Waals surface area (Å²) >= 11 is 0. The molecule has 0 aliphatic heterocycles. The Labute approximate surface area is 198 Å². The maximum Gasteiger partial charge on any atom is 0.141 e. The molecule has 6 aromatic rings. The van der Waals surface area contributed by atoms with Crippen molar-refractivity contribution >= 4 is 27.6 Å². The fourth-order valence-electron chi connectivity index (χ4n) is 5.34. The lowest BCUT2D eigenvalue weighted by atomic mass is 9.90. The highest BCUT2D eigenvalue weighted by Gasteiger charge is 2.19. The van der Waals surface area contributed by atoms with Gasteiger partial charge in [-0.3, -0.25) is 0 Å². The summed E-state index contributed by atoms with van der Waals surface area (Å²) in [6, 6.07) is 39.2. The second kappa shape index (κ2) is 7.60. The Kier molecular flexibility index (Phi) is 4.28. The van der Waals surface area contributed by atoms with Crippen molar-refractivity contribution in [3.63, 3.8) is 0 Å². The summed E-state index contributed by atoms with van der Waals surface area (Å²) in [6.45, 7) is 0. The van der Waals surface area contributed by atoms with Gasteiger partial charge in [0.05, 0.1) is 6.26 Å². The molecule has 1 nitrogen and oxygen atoms in total. The van der Waals surface area contributed by atoms with Crippen molar-refractivity contribution in [1.29, 1.82) is 0 Å². The van der Waals surface area contributed by atoms with Crippen LogP contribution < -0.4 is 0 Å². The topological polar surface area (TPSA) is 13.1 Å². The first kappa shape index (κ1) is 19.1. The van der Waals surface area contributed by atoms with Crippen LogP contribution in [0.25, 0.3) is 50.1 Å². The lowest BCUT2D eigenvalue weighted by molar-refractivity contribution is 0.583. The Hall–Kier alpha value is -4.36. The number of allylic oxidation sites excluding steroid dienone is 1. The van der Waals surface area contributed by atoms with E-state index in [4.69, 9.17) is 4.42 Å². The first-order valence-corrected chi connectivity index (χ1v) is 11.7. The van der Waals surface area contributed by atoms with Gasteiger partial charge in [0.2, 0.25) is 0 Å². The van der Waals surface area contributed by atoms with E-state index in [1.807, 2.05) is 12.1 Å². The first-order chi connectivity index (χ1) is 16.8. The Morgan fingerprint density at radius 3 is 2.24 bits per heavy atom. The molecule has 1 heteroatoms. The van der Waals surface area contributed by atoms with E-state index in [1.54, 1.807) is 6.26 Å². The molecule has 0 bridgehead atoms. The molecule has 160 valence electrons. The number of benzene rings is 5. The summed E-state index contributed by atoms with van der Waals surface area (Å²) in [7, 11) is 0. The van der Waals surface area contributed by atoms with Gasteiger partial charge in [0.25, 0.3) is 0 Å². The standard InChI is InChI=1S/C33H22O/c1-2-6-22(7-3-1)32-18-19-34-33(32)27-14-17-31-25(21-27)11-10-24-20-26(13-16-30(24)31)29-15-12-23-8-4-5-9-28(23)29/h1-21,29H. The minimum absolute atomic E-state index is 0.328. The average Bonchev–Trinajstić information content (AvgIpc) is 3.56. The average molecular weight is 435 g/mol. The maximum atomic E-state index is 5.94. The van der Waals surface area contributed by atoms with Crippen LogP contribution in [0, 0.1) is 0 Å². The lowest BCUT2D eigenvalue weighted by Gasteiger charge is -2.14. The normalized spacial score (nSPS) is 14.6. The van der Waals surface area contributed by atoms with Crippen LogP contribution in [0.15, 0.2) is 126 Å². The molecule has 0 saturated carbocycles. The van der Waals surface area contributed by atoms with Gasteiger partial charge in [0.15, 0.2) is 0 Å². The highest BCUT2D eigenvalue weighted by atomic mass is 16.3. The third-order valence-corrected chi connectivity index (χ3v) is 7.03. The van der Waals surface area contributed by atoms with Gasteiger partial charge in [-0.2, -0.15) is 0 Å². The van der Waals surface area contributed by atoms with E-state index < -0.39 is 0 Å². The predicted molar refractivity (Wildman–Crippen MR) is 142 cm³/mol. The predicted octanol–water partition coefficient (Wildman–Crippen LogP) is 9.08. The van der Waals surface area contributed by atoms with E-state index in [1.165, 1.54) is 43.8 Å². The van der Waals surface area contributed by atoms with Gasteiger partial charge in [-0.1, -0.05) is 109 Å². The van der Waals surface area contributed by atoms with Gasteiger partial charge in [0.1, 0.15) is 5.76 Å². The van der Waals surface area contributed by atoms with Crippen molar-refractivity contribution < 1.29 is 4.42 Å². The molecule has 1 aliphatic carbocycles. The Morgan fingerprint density at radius 2 is 1.35 bits per heavy atom. The summed E-state index contributed by atoms with van der Waals surface area (Å²) in [5.74, 6) is 1.24. The van der Waals surface area contributed by atoms with Crippen molar-refractivity contribution in [3.05, 3.63) is 138 Å². The van der Waals surface area contributed by atoms with Crippen LogP contribution >= 0.6 is 0 Å². The van der Waals surface area contributed by atoms with E-state index in [-0.39, 0.29) is 0 Å². The monoisotopic (exact) mass is 434 g/mol. The number of rotatable bonds is 3. The number of hydrogen-bond donors (Lipinski definition) is 0. The van der Waals surface area contributed by atoms with Crippen LogP contribution in [-0.4, -0.2) is 0 Å². The van der Waals surface area contributed by atoms with Crippen LogP contribution in [0.4, 0.5) is 0 Å². The van der Waals surface area contributed by atoms with E-state index in [0.717, 1.165) is 16.9 Å². The van der Waals surface area contributed by atoms with Gasteiger partial charge in [-0.25, -0.2) is 0 Å². The molecular weight excluding hydrogens is 412 g/mol. The van der Waals surface area contributed by atoms with E-state index in [2.05, 4.69) is 109 Å². The number of fused-ring (bicyclic) bond motifs is 4. The molecule has 1 aromatic heterocycles. The van der Waals surface area contributed by atoms with Crippen LogP contribution in [0.5, 0.6) is 0 Å². The molecule has 5 aromatic carbocycles. The zero-order valence-electron chi connectivity index (χ0n) is 18.6. The second-order valence-electron chi connectivity index (χ2n) is 8.98. The van der Waals surface area contributed by atoms with E-state index >= 15 is 0 Å². The Balaban J connectivity index is 1.30. The molecule has 0 N–H and O–H groups in total. The maximum absolute atomic E-state index is 5.94. The molecule has 1 atom stereocenters. The smallest absolute Gasteiger partial charge is 0.141 e. The van der Waals surface area contributed by atoms with Crippen LogP contribution in [0.3, 0.4) is 0 Å². The number of furan rings is 1. The second-order valence-corrected chi connectivity index (χ2v) is 8.98. The highest BCUT2D eigenvalue weighted by Crippen LogP contribution is 2.39. The van der Waals surface area contributed by atoms with Gasteiger partial charge < -0.3 is 4.42 Å². The van der Waals surface area contributed by atoms with Crippen LogP contribution in [0.2, 0.25) is 0 Å². The SMILES string of the molecule is C1=CC(c2ccc3c(ccc4cc(-c5occc5-c5ccccc5)ccc43)c2)c2ccccc21. The molecule has 1 heterocycles. The van der Waals surface area contributed by atoms with Gasteiger partial charge in [-0.05, 0) is 55.9 Å².